The molecule has 4 nitrogen and oxygen atoms in total. The molecule has 0 unspecified atom stereocenters. The van der Waals surface area contributed by atoms with E-state index in [1.54, 1.807) is 11.8 Å². The summed E-state index contributed by atoms with van der Waals surface area (Å²) >= 11 is 0. The van der Waals surface area contributed by atoms with E-state index >= 15 is 0 Å². The molecule has 6 heteroatoms. The first-order valence-corrected chi connectivity index (χ1v) is 8.00. The Hall–Kier alpha value is -1.53. The molecule has 1 atom stereocenters. The molecule has 0 aromatic heterocycles. The molecule has 2 aliphatic rings. The molecule has 0 aliphatic carbocycles. The van der Waals surface area contributed by atoms with E-state index in [1.807, 2.05) is 0 Å². The van der Waals surface area contributed by atoms with Crippen LogP contribution in [-0.2, 0) is 14.3 Å². The molecule has 2 fully saturated rings. The van der Waals surface area contributed by atoms with E-state index in [0.29, 0.717) is 31.9 Å². The van der Waals surface area contributed by atoms with Crippen molar-refractivity contribution < 1.29 is 23.0 Å². The fourth-order valence-electron chi connectivity index (χ4n) is 3.34. The normalized spacial score (nSPS) is 21.6. The van der Waals surface area contributed by atoms with Gasteiger partial charge in [0.1, 0.15) is 11.6 Å². The Kier molecular flexibility index (Phi) is 4.64. The van der Waals surface area contributed by atoms with Crippen LogP contribution in [0.15, 0.2) is 18.2 Å². The summed E-state index contributed by atoms with van der Waals surface area (Å²) in [5.74, 6) is -2.25. The molecular weight excluding hydrogens is 304 g/mol. The van der Waals surface area contributed by atoms with Gasteiger partial charge in [-0.25, -0.2) is 8.78 Å². The third-order valence-electron chi connectivity index (χ3n) is 4.56. The van der Waals surface area contributed by atoms with Crippen molar-refractivity contribution in [2.24, 2.45) is 0 Å². The highest BCUT2D eigenvalue weighted by molar-refractivity contribution is 5.77. The summed E-state index contributed by atoms with van der Waals surface area (Å²) in [5.41, 5.74) is 0.361. The molecule has 126 valence electrons. The van der Waals surface area contributed by atoms with Crippen LogP contribution in [0.4, 0.5) is 8.78 Å². The maximum atomic E-state index is 13.8. The number of benzene rings is 1. The molecule has 2 saturated heterocycles. The van der Waals surface area contributed by atoms with Crippen molar-refractivity contribution in [3.8, 4) is 0 Å². The van der Waals surface area contributed by atoms with Crippen molar-refractivity contribution in [1.82, 2.24) is 4.90 Å². The van der Waals surface area contributed by atoms with Crippen LogP contribution in [-0.4, -0.2) is 42.9 Å². The van der Waals surface area contributed by atoms with Gasteiger partial charge in [0.2, 0.25) is 5.91 Å². The van der Waals surface area contributed by atoms with Crippen LogP contribution in [0.2, 0.25) is 0 Å². The lowest BCUT2D eigenvalue weighted by Crippen LogP contribution is -2.51. The van der Waals surface area contributed by atoms with Crippen LogP contribution < -0.4 is 0 Å². The summed E-state index contributed by atoms with van der Waals surface area (Å²) in [6.07, 6.45) is 1.79. The average molecular weight is 325 g/mol. The highest BCUT2D eigenvalue weighted by Crippen LogP contribution is 2.31. The van der Waals surface area contributed by atoms with Crippen LogP contribution >= 0.6 is 0 Å². The van der Waals surface area contributed by atoms with Crippen LogP contribution in [0.25, 0.3) is 0 Å². The highest BCUT2D eigenvalue weighted by Gasteiger charge is 2.42. The number of hydrogen-bond donors (Lipinski definition) is 0. The molecule has 2 heterocycles. The maximum absolute atomic E-state index is 13.8. The average Bonchev–Trinajstić information content (AvgIpc) is 2.94. The molecule has 0 saturated carbocycles. The summed E-state index contributed by atoms with van der Waals surface area (Å²) in [7, 11) is 0. The van der Waals surface area contributed by atoms with Gasteiger partial charge in [0, 0.05) is 25.5 Å². The number of amides is 1. The van der Waals surface area contributed by atoms with Gasteiger partial charge in [-0.05, 0) is 24.0 Å². The smallest absolute Gasteiger partial charge is 0.223 e. The first-order valence-electron chi connectivity index (χ1n) is 8.00. The molecule has 1 spiro atoms. The lowest BCUT2D eigenvalue weighted by atomic mass is 9.95. The van der Waals surface area contributed by atoms with Gasteiger partial charge in [0.15, 0.2) is 5.79 Å². The van der Waals surface area contributed by atoms with E-state index in [2.05, 4.69) is 0 Å². The van der Waals surface area contributed by atoms with E-state index in [4.69, 9.17) is 9.47 Å². The standard InChI is InChI=1S/C17H21F2NO3/c1-12(14-4-3-13(18)10-15(14)19)9-16(21)20-6-2-5-17(11-20)22-7-8-23-17/h3-4,10,12H,2,5-9,11H2,1H3/t12-/m0/s1. The first kappa shape index (κ1) is 16.3. The fourth-order valence-corrected chi connectivity index (χ4v) is 3.34. The lowest BCUT2D eigenvalue weighted by Gasteiger charge is -2.39. The van der Waals surface area contributed by atoms with Crippen molar-refractivity contribution in [2.45, 2.75) is 37.9 Å². The summed E-state index contributed by atoms with van der Waals surface area (Å²) in [5, 5.41) is 0. The van der Waals surface area contributed by atoms with Gasteiger partial charge in [0.25, 0.3) is 0 Å². The van der Waals surface area contributed by atoms with Gasteiger partial charge in [-0.3, -0.25) is 4.79 Å². The van der Waals surface area contributed by atoms with Crippen molar-refractivity contribution in [3.63, 3.8) is 0 Å². The quantitative estimate of drug-likeness (QED) is 0.858. The second-order valence-electron chi connectivity index (χ2n) is 6.30. The van der Waals surface area contributed by atoms with Gasteiger partial charge in [-0.1, -0.05) is 13.0 Å². The van der Waals surface area contributed by atoms with Gasteiger partial charge < -0.3 is 14.4 Å². The molecule has 1 amide bonds. The van der Waals surface area contributed by atoms with Gasteiger partial charge >= 0.3 is 0 Å². The summed E-state index contributed by atoms with van der Waals surface area (Å²) < 4.78 is 38.2. The monoisotopic (exact) mass is 325 g/mol. The van der Waals surface area contributed by atoms with Crippen LogP contribution in [0.3, 0.4) is 0 Å². The van der Waals surface area contributed by atoms with E-state index in [1.165, 1.54) is 12.1 Å². The maximum Gasteiger partial charge on any atom is 0.223 e. The zero-order valence-electron chi connectivity index (χ0n) is 13.2. The van der Waals surface area contributed by atoms with Crippen molar-refractivity contribution in [2.75, 3.05) is 26.3 Å². The summed E-state index contributed by atoms with van der Waals surface area (Å²) in [4.78, 5) is 14.2. The number of piperidine rings is 1. The van der Waals surface area contributed by atoms with Gasteiger partial charge in [-0.2, -0.15) is 0 Å². The summed E-state index contributed by atoms with van der Waals surface area (Å²) in [6, 6.07) is 3.48. The van der Waals surface area contributed by atoms with Crippen LogP contribution in [0, 0.1) is 11.6 Å². The van der Waals surface area contributed by atoms with Crippen molar-refractivity contribution in [3.05, 3.63) is 35.4 Å². The third-order valence-corrected chi connectivity index (χ3v) is 4.56. The van der Waals surface area contributed by atoms with Gasteiger partial charge in [0.05, 0.1) is 19.8 Å². The van der Waals surface area contributed by atoms with Crippen LogP contribution in [0.5, 0.6) is 0 Å². The number of carbonyl (C=O) groups is 1. The minimum Gasteiger partial charge on any atom is -0.346 e. The molecule has 1 aromatic rings. The molecule has 0 N–H and O–H groups in total. The van der Waals surface area contributed by atoms with E-state index in [9.17, 15) is 13.6 Å². The first-order chi connectivity index (χ1) is 11.0. The van der Waals surface area contributed by atoms with E-state index in [0.717, 1.165) is 18.9 Å². The Morgan fingerprint density at radius 3 is 2.78 bits per heavy atom. The molecule has 0 radical (unpaired) electrons. The SMILES string of the molecule is C[C@@H](CC(=O)N1CCCC2(C1)OCCO2)c1ccc(F)cc1F. The fraction of sp³-hybridized carbons (Fsp3) is 0.588. The number of halogens is 2. The lowest BCUT2D eigenvalue weighted by molar-refractivity contribution is -0.193. The van der Waals surface area contributed by atoms with Crippen molar-refractivity contribution >= 4 is 5.91 Å². The topological polar surface area (TPSA) is 38.8 Å². The number of rotatable bonds is 3. The minimum absolute atomic E-state index is 0.0561. The molecule has 0 bridgehead atoms. The molecular formula is C17H21F2NO3. The van der Waals surface area contributed by atoms with E-state index in [-0.39, 0.29) is 18.2 Å². The Bertz CT molecular complexity index is 587. The second-order valence-corrected chi connectivity index (χ2v) is 6.30. The highest BCUT2D eigenvalue weighted by atomic mass is 19.1. The number of nitrogens with zero attached hydrogens (tertiary/aromatic N) is 1. The zero-order chi connectivity index (χ0) is 16.4. The Morgan fingerprint density at radius 1 is 1.35 bits per heavy atom. The molecule has 2 aliphatic heterocycles. The molecule has 3 rings (SSSR count). The predicted molar refractivity (Wildman–Crippen MR) is 79.8 cm³/mol. The van der Waals surface area contributed by atoms with Crippen LogP contribution in [0.1, 0.15) is 37.7 Å². The Balaban J connectivity index is 1.64. The number of likely N-dealkylation sites (tertiary alicyclic amines) is 1. The number of carbonyl (C=O) groups excluding carboxylic acids is 1. The molecule has 23 heavy (non-hydrogen) atoms. The summed E-state index contributed by atoms with van der Waals surface area (Å²) in [6.45, 7) is 3.96. The minimum atomic E-state index is -0.654. The zero-order valence-corrected chi connectivity index (χ0v) is 13.2. The number of hydrogen-bond acceptors (Lipinski definition) is 3. The third kappa shape index (κ3) is 3.53. The Labute approximate surface area is 134 Å². The van der Waals surface area contributed by atoms with Crippen molar-refractivity contribution in [1.29, 1.82) is 0 Å². The van der Waals surface area contributed by atoms with E-state index < -0.39 is 17.4 Å². The van der Waals surface area contributed by atoms with Gasteiger partial charge in [-0.15, -0.1) is 0 Å². The molecule has 1 aromatic carbocycles. The predicted octanol–water partition coefficient (Wildman–Crippen LogP) is 2.82. The largest absolute Gasteiger partial charge is 0.346 e. The number of ether oxygens (including phenoxy) is 2. The Morgan fingerprint density at radius 2 is 2.09 bits per heavy atom. The second kappa shape index (κ2) is 6.53.